The molecule has 2 rings (SSSR count). The number of carbonyl (C=O) groups is 4. The molecule has 0 spiro atoms. The van der Waals surface area contributed by atoms with Gasteiger partial charge in [-0.1, -0.05) is 6.07 Å². The summed E-state index contributed by atoms with van der Waals surface area (Å²) in [6.07, 6.45) is 0. The van der Waals surface area contributed by atoms with E-state index in [2.05, 4.69) is 10.6 Å². The van der Waals surface area contributed by atoms with Crippen molar-refractivity contribution >= 4 is 45.7 Å². The van der Waals surface area contributed by atoms with Crippen molar-refractivity contribution in [2.75, 3.05) is 31.3 Å². The zero-order valence-corrected chi connectivity index (χ0v) is 17.7. The van der Waals surface area contributed by atoms with Gasteiger partial charge in [0.25, 0.3) is 11.8 Å². The van der Waals surface area contributed by atoms with Gasteiger partial charge in [0.05, 0.1) is 17.0 Å². The Morgan fingerprint density at radius 3 is 2.41 bits per heavy atom. The van der Waals surface area contributed by atoms with Gasteiger partial charge >= 0.3 is 5.97 Å². The van der Waals surface area contributed by atoms with Crippen LogP contribution in [0.1, 0.15) is 49.8 Å². The number of hydrogen-bond acceptors (Lipinski definition) is 6. The van der Waals surface area contributed by atoms with Crippen molar-refractivity contribution in [2.24, 2.45) is 0 Å². The highest BCUT2D eigenvalue weighted by molar-refractivity contribution is 7.18. The normalized spacial score (nSPS) is 10.2. The maximum Gasteiger partial charge on any atom is 0.341 e. The van der Waals surface area contributed by atoms with Crippen molar-refractivity contribution in [2.45, 2.75) is 20.8 Å². The van der Waals surface area contributed by atoms with Crippen molar-refractivity contribution in [1.29, 1.82) is 0 Å². The van der Waals surface area contributed by atoms with Crippen molar-refractivity contribution in [3.8, 4) is 0 Å². The molecule has 0 aliphatic rings. The van der Waals surface area contributed by atoms with E-state index in [1.165, 1.54) is 17.9 Å². The van der Waals surface area contributed by atoms with Crippen LogP contribution in [0.25, 0.3) is 0 Å². The average Bonchev–Trinajstić information content (AvgIpc) is 2.96. The Hall–Kier alpha value is -3.20. The molecule has 0 bridgehead atoms. The number of anilines is 2. The van der Waals surface area contributed by atoms with Gasteiger partial charge in [-0.05, 0) is 37.6 Å². The molecule has 1 aromatic carbocycles. The molecule has 9 heteroatoms. The summed E-state index contributed by atoms with van der Waals surface area (Å²) in [5.74, 6) is -1.62. The first kappa shape index (κ1) is 22.1. The van der Waals surface area contributed by atoms with Crippen LogP contribution in [0.4, 0.5) is 10.7 Å². The molecule has 0 fully saturated rings. The molecule has 1 aromatic heterocycles. The van der Waals surface area contributed by atoms with Gasteiger partial charge in [0.15, 0.2) is 0 Å². The molecule has 0 radical (unpaired) electrons. The maximum atomic E-state index is 12.7. The number of carbonyl (C=O) groups excluding carboxylic acids is 4. The minimum absolute atomic E-state index is 0.161. The summed E-state index contributed by atoms with van der Waals surface area (Å²) in [6.45, 7) is 4.86. The Labute approximate surface area is 172 Å². The molecule has 2 aromatic rings. The van der Waals surface area contributed by atoms with E-state index in [9.17, 15) is 19.2 Å². The predicted octanol–water partition coefficient (Wildman–Crippen LogP) is 3.15. The first-order valence-electron chi connectivity index (χ1n) is 8.86. The topological polar surface area (TPSA) is 105 Å². The molecule has 8 nitrogen and oxygen atoms in total. The largest absolute Gasteiger partial charge is 0.462 e. The van der Waals surface area contributed by atoms with E-state index in [0.29, 0.717) is 16.1 Å². The zero-order chi connectivity index (χ0) is 21.7. The van der Waals surface area contributed by atoms with Crippen LogP contribution in [0.15, 0.2) is 24.3 Å². The number of amides is 3. The molecule has 0 saturated carbocycles. The third-order valence-electron chi connectivity index (χ3n) is 3.90. The predicted molar refractivity (Wildman–Crippen MR) is 112 cm³/mol. The monoisotopic (exact) mass is 417 g/mol. The van der Waals surface area contributed by atoms with E-state index in [0.717, 1.165) is 11.3 Å². The van der Waals surface area contributed by atoms with E-state index in [1.807, 2.05) is 0 Å². The fourth-order valence-electron chi connectivity index (χ4n) is 2.57. The molecule has 0 unspecified atom stereocenters. The summed E-state index contributed by atoms with van der Waals surface area (Å²) in [4.78, 5) is 50.6. The van der Waals surface area contributed by atoms with Crippen LogP contribution >= 0.6 is 11.3 Å². The molecule has 3 amide bonds. The van der Waals surface area contributed by atoms with Gasteiger partial charge in [-0.3, -0.25) is 14.4 Å². The van der Waals surface area contributed by atoms with Crippen molar-refractivity contribution in [3.63, 3.8) is 0 Å². The lowest BCUT2D eigenvalue weighted by atomic mass is 10.1. The summed E-state index contributed by atoms with van der Waals surface area (Å²) in [5.41, 5.74) is 1.38. The summed E-state index contributed by atoms with van der Waals surface area (Å²) in [6, 6.07) is 6.39. The fourth-order valence-corrected chi connectivity index (χ4v) is 3.79. The van der Waals surface area contributed by atoms with Gasteiger partial charge < -0.3 is 20.3 Å². The first-order valence-corrected chi connectivity index (χ1v) is 9.68. The second-order valence-electron chi connectivity index (χ2n) is 6.40. The van der Waals surface area contributed by atoms with Crippen molar-refractivity contribution < 1.29 is 23.9 Å². The lowest BCUT2D eigenvalue weighted by Gasteiger charge is -2.09. The van der Waals surface area contributed by atoms with E-state index in [4.69, 9.17) is 4.74 Å². The van der Waals surface area contributed by atoms with E-state index in [1.54, 1.807) is 46.1 Å². The van der Waals surface area contributed by atoms with E-state index in [-0.39, 0.29) is 34.5 Å². The zero-order valence-electron chi connectivity index (χ0n) is 16.9. The quantitative estimate of drug-likeness (QED) is 0.703. The highest BCUT2D eigenvalue weighted by Crippen LogP contribution is 2.34. The Balaban J connectivity index is 2.41. The summed E-state index contributed by atoms with van der Waals surface area (Å²) in [7, 11) is 3.22. The number of benzene rings is 1. The van der Waals surface area contributed by atoms with Crippen LogP contribution in [-0.2, 0) is 9.53 Å². The first-order chi connectivity index (χ1) is 13.6. The van der Waals surface area contributed by atoms with Gasteiger partial charge in [0, 0.05) is 32.3 Å². The average molecular weight is 417 g/mol. The van der Waals surface area contributed by atoms with E-state index >= 15 is 0 Å². The smallest absolute Gasteiger partial charge is 0.341 e. The summed E-state index contributed by atoms with van der Waals surface area (Å²) < 4.78 is 5.10. The number of nitrogens with zero attached hydrogens (tertiary/aromatic N) is 1. The molecular formula is C20H23N3O5S. The molecule has 1 heterocycles. The second kappa shape index (κ2) is 9.33. The highest BCUT2D eigenvalue weighted by atomic mass is 32.1. The third-order valence-corrected chi connectivity index (χ3v) is 5.09. The Morgan fingerprint density at radius 1 is 1.14 bits per heavy atom. The van der Waals surface area contributed by atoms with Crippen LogP contribution in [0, 0.1) is 6.92 Å². The number of thiophene rings is 1. The molecule has 0 saturated heterocycles. The number of rotatable bonds is 6. The van der Waals surface area contributed by atoms with Crippen LogP contribution in [0.2, 0.25) is 0 Å². The number of esters is 1. The second-order valence-corrected chi connectivity index (χ2v) is 7.42. The highest BCUT2D eigenvalue weighted by Gasteiger charge is 2.27. The summed E-state index contributed by atoms with van der Waals surface area (Å²) in [5, 5.41) is 5.54. The lowest BCUT2D eigenvalue weighted by Crippen LogP contribution is -2.21. The third kappa shape index (κ3) is 5.20. The minimum atomic E-state index is -0.610. The van der Waals surface area contributed by atoms with Crippen LogP contribution < -0.4 is 10.6 Å². The van der Waals surface area contributed by atoms with Gasteiger partial charge in [-0.15, -0.1) is 11.3 Å². The van der Waals surface area contributed by atoms with Crippen LogP contribution in [-0.4, -0.2) is 49.3 Å². The molecule has 0 atom stereocenters. The van der Waals surface area contributed by atoms with Gasteiger partial charge in [0.2, 0.25) is 5.91 Å². The standard InChI is InChI=1S/C20H23N3O5S/c1-6-28-20(27)15-11(2)16(19(26)23(4)5)29-18(15)22-17(25)13-8-7-9-14(10-13)21-12(3)24/h7-10H,6H2,1-5H3,(H,21,24)(H,22,25). The Morgan fingerprint density at radius 2 is 1.83 bits per heavy atom. The van der Waals surface area contributed by atoms with Gasteiger partial charge in [-0.2, -0.15) is 0 Å². The van der Waals surface area contributed by atoms with E-state index < -0.39 is 11.9 Å². The Bertz CT molecular complexity index is 965. The van der Waals surface area contributed by atoms with Crippen molar-refractivity contribution in [3.05, 3.63) is 45.8 Å². The van der Waals surface area contributed by atoms with Crippen LogP contribution in [0.3, 0.4) is 0 Å². The fraction of sp³-hybridized carbons (Fsp3) is 0.300. The molecule has 0 aliphatic heterocycles. The molecule has 2 N–H and O–H groups in total. The molecular weight excluding hydrogens is 394 g/mol. The number of ether oxygens (including phenoxy) is 1. The SMILES string of the molecule is CCOC(=O)c1c(NC(=O)c2cccc(NC(C)=O)c2)sc(C(=O)N(C)C)c1C. The molecule has 0 aliphatic carbocycles. The van der Waals surface area contributed by atoms with Gasteiger partial charge in [0.1, 0.15) is 5.00 Å². The number of nitrogens with one attached hydrogen (secondary N) is 2. The van der Waals surface area contributed by atoms with Crippen LogP contribution in [0.5, 0.6) is 0 Å². The maximum absolute atomic E-state index is 12.7. The lowest BCUT2D eigenvalue weighted by molar-refractivity contribution is -0.114. The summed E-state index contributed by atoms with van der Waals surface area (Å²) >= 11 is 1.02. The number of hydrogen-bond donors (Lipinski definition) is 2. The van der Waals surface area contributed by atoms with Crippen molar-refractivity contribution in [1.82, 2.24) is 4.90 Å². The Kier molecular flexibility index (Phi) is 7.11. The van der Waals surface area contributed by atoms with Gasteiger partial charge in [-0.25, -0.2) is 4.79 Å². The molecule has 154 valence electrons. The minimum Gasteiger partial charge on any atom is -0.462 e. The molecule has 29 heavy (non-hydrogen) atoms.